The van der Waals surface area contributed by atoms with Crippen molar-refractivity contribution in [1.82, 2.24) is 9.80 Å². The number of piperidine rings is 1. The van der Waals surface area contributed by atoms with E-state index >= 15 is 0 Å². The topological polar surface area (TPSA) is 19.0 Å². The summed E-state index contributed by atoms with van der Waals surface area (Å²) in [6.45, 7) is 34.5. The fourth-order valence-electron chi connectivity index (χ4n) is 5.03. The predicted molar refractivity (Wildman–Crippen MR) is 209 cm³/mol. The molecule has 1 fully saturated rings. The minimum absolute atomic E-state index is 0.608. The number of benzene rings is 2. The predicted octanol–water partition coefficient (Wildman–Crippen LogP) is 10.7. The highest BCUT2D eigenvalue weighted by Crippen LogP contribution is 2.24. The minimum atomic E-state index is 0.608. The van der Waals surface area contributed by atoms with Gasteiger partial charge in [-0.05, 0) is 67.5 Å². The molecule has 2 aromatic carbocycles. The van der Waals surface area contributed by atoms with E-state index in [0.717, 1.165) is 58.0 Å². The van der Waals surface area contributed by atoms with E-state index in [0.29, 0.717) is 11.8 Å². The number of rotatable bonds is 17. The van der Waals surface area contributed by atoms with E-state index in [4.69, 9.17) is 4.74 Å². The SMILES string of the molecule is C=CC(C)C.C=CCN(CCN1CCCC(COc2ccccc2)C1)CCN(C)c1cc(C=C)ccc1CCCC.CC.CCC. The van der Waals surface area contributed by atoms with Crippen molar-refractivity contribution < 1.29 is 4.74 Å². The summed E-state index contributed by atoms with van der Waals surface area (Å²) >= 11 is 0. The van der Waals surface area contributed by atoms with Crippen LogP contribution in [-0.2, 0) is 6.42 Å². The lowest BCUT2D eigenvalue weighted by molar-refractivity contribution is 0.119. The highest BCUT2D eigenvalue weighted by atomic mass is 16.5. The van der Waals surface area contributed by atoms with Crippen molar-refractivity contribution in [2.45, 2.75) is 87.0 Å². The zero-order chi connectivity index (χ0) is 34.6. The smallest absolute Gasteiger partial charge is 0.119 e. The number of nitrogens with zero attached hydrogens (tertiary/aromatic N) is 3. The van der Waals surface area contributed by atoms with Crippen LogP contribution in [0, 0.1) is 11.8 Å². The summed E-state index contributed by atoms with van der Waals surface area (Å²) in [5.74, 6) is 2.24. The molecule has 0 N–H and O–H groups in total. The Balaban J connectivity index is 0.00000179. The van der Waals surface area contributed by atoms with Crippen LogP contribution < -0.4 is 9.64 Å². The van der Waals surface area contributed by atoms with E-state index in [2.05, 4.69) is 94.3 Å². The largest absolute Gasteiger partial charge is 0.493 e. The molecular formula is C42H71N3O. The number of hydrogen-bond donors (Lipinski definition) is 0. The average Bonchev–Trinajstić information content (AvgIpc) is 3.09. The molecule has 260 valence electrons. The Morgan fingerprint density at radius 2 is 1.65 bits per heavy atom. The van der Waals surface area contributed by atoms with Crippen molar-refractivity contribution in [1.29, 1.82) is 0 Å². The number of likely N-dealkylation sites (tertiary alicyclic amines) is 1. The fourth-order valence-corrected chi connectivity index (χ4v) is 5.03. The molecule has 1 aliphatic rings. The molecular weight excluding hydrogens is 562 g/mol. The number of hydrogen-bond acceptors (Lipinski definition) is 4. The van der Waals surface area contributed by atoms with Crippen LogP contribution in [0.5, 0.6) is 5.75 Å². The molecule has 1 aliphatic heterocycles. The van der Waals surface area contributed by atoms with Gasteiger partial charge in [-0.3, -0.25) is 4.90 Å². The first-order valence-electron chi connectivity index (χ1n) is 18.1. The number of allylic oxidation sites excluding steroid dienone is 1. The van der Waals surface area contributed by atoms with Crippen LogP contribution >= 0.6 is 0 Å². The Bertz CT molecular complexity index is 1020. The van der Waals surface area contributed by atoms with Crippen molar-refractivity contribution in [2.24, 2.45) is 11.8 Å². The summed E-state index contributed by atoms with van der Waals surface area (Å²) in [4.78, 5) is 7.58. The Labute approximate surface area is 286 Å². The van der Waals surface area contributed by atoms with Gasteiger partial charge in [-0.2, -0.15) is 0 Å². The molecule has 4 heteroatoms. The number of likely N-dealkylation sites (N-methyl/N-ethyl adjacent to an activating group) is 1. The van der Waals surface area contributed by atoms with E-state index in [1.807, 2.05) is 62.4 Å². The molecule has 0 bridgehead atoms. The number of aryl methyl sites for hydroxylation is 1. The summed E-state index contributed by atoms with van der Waals surface area (Å²) < 4.78 is 6.05. The van der Waals surface area contributed by atoms with Gasteiger partial charge in [-0.1, -0.05) is 116 Å². The molecule has 0 spiro atoms. The van der Waals surface area contributed by atoms with Crippen LogP contribution in [0.1, 0.15) is 91.7 Å². The van der Waals surface area contributed by atoms with E-state index in [1.54, 1.807) is 0 Å². The van der Waals surface area contributed by atoms with Gasteiger partial charge < -0.3 is 14.5 Å². The van der Waals surface area contributed by atoms with Crippen molar-refractivity contribution >= 4 is 11.8 Å². The Morgan fingerprint density at radius 3 is 2.24 bits per heavy atom. The number of para-hydroxylation sites is 1. The van der Waals surface area contributed by atoms with Crippen LogP contribution in [-0.4, -0.2) is 69.3 Å². The van der Waals surface area contributed by atoms with Crippen LogP contribution in [0.2, 0.25) is 0 Å². The fraction of sp³-hybridized carbons (Fsp3) is 0.571. The zero-order valence-corrected chi connectivity index (χ0v) is 31.3. The third-order valence-corrected chi connectivity index (χ3v) is 7.73. The lowest BCUT2D eigenvalue weighted by atomic mass is 9.99. The molecule has 4 nitrogen and oxygen atoms in total. The van der Waals surface area contributed by atoms with Crippen LogP contribution in [0.25, 0.3) is 6.08 Å². The highest BCUT2D eigenvalue weighted by Gasteiger charge is 2.21. The van der Waals surface area contributed by atoms with Gasteiger partial charge >= 0.3 is 0 Å². The molecule has 0 aliphatic carbocycles. The monoisotopic (exact) mass is 634 g/mol. The van der Waals surface area contributed by atoms with Gasteiger partial charge in [-0.15, -0.1) is 13.2 Å². The summed E-state index contributed by atoms with van der Waals surface area (Å²) in [6, 6.07) is 17.0. The maximum Gasteiger partial charge on any atom is 0.119 e. The van der Waals surface area contributed by atoms with E-state index < -0.39 is 0 Å². The van der Waals surface area contributed by atoms with Gasteiger partial charge in [0.1, 0.15) is 5.75 Å². The Morgan fingerprint density at radius 1 is 0.978 bits per heavy atom. The van der Waals surface area contributed by atoms with Crippen molar-refractivity contribution in [3.63, 3.8) is 0 Å². The summed E-state index contributed by atoms with van der Waals surface area (Å²) in [7, 11) is 2.23. The molecule has 0 saturated carbocycles. The molecule has 1 unspecified atom stereocenters. The lowest BCUT2D eigenvalue weighted by Crippen LogP contribution is -2.43. The van der Waals surface area contributed by atoms with Gasteiger partial charge in [0.15, 0.2) is 0 Å². The van der Waals surface area contributed by atoms with Gasteiger partial charge in [-0.25, -0.2) is 0 Å². The van der Waals surface area contributed by atoms with Crippen LogP contribution in [0.15, 0.2) is 80.4 Å². The molecule has 3 rings (SSSR count). The van der Waals surface area contributed by atoms with Gasteiger partial charge in [0.2, 0.25) is 0 Å². The summed E-state index contributed by atoms with van der Waals surface area (Å²) in [5.41, 5.74) is 3.98. The third-order valence-electron chi connectivity index (χ3n) is 7.73. The number of anilines is 1. The molecule has 1 saturated heterocycles. The highest BCUT2D eigenvalue weighted by molar-refractivity contribution is 5.61. The zero-order valence-electron chi connectivity index (χ0n) is 31.3. The molecule has 0 aromatic heterocycles. The molecule has 0 radical (unpaired) electrons. The molecule has 1 heterocycles. The normalized spacial score (nSPS) is 14.1. The Kier molecular flexibility index (Phi) is 26.7. The van der Waals surface area contributed by atoms with Crippen LogP contribution in [0.4, 0.5) is 5.69 Å². The average molecular weight is 634 g/mol. The lowest BCUT2D eigenvalue weighted by Gasteiger charge is -2.34. The quantitative estimate of drug-likeness (QED) is 0.161. The van der Waals surface area contributed by atoms with E-state index in [9.17, 15) is 0 Å². The van der Waals surface area contributed by atoms with Gasteiger partial charge in [0, 0.05) is 57.9 Å². The van der Waals surface area contributed by atoms with Crippen molar-refractivity contribution in [2.75, 3.05) is 64.4 Å². The second kappa shape index (κ2) is 28.4. The van der Waals surface area contributed by atoms with Gasteiger partial charge in [0.05, 0.1) is 6.61 Å². The second-order valence-electron chi connectivity index (χ2n) is 12.3. The summed E-state index contributed by atoms with van der Waals surface area (Å²) in [5, 5.41) is 0. The first-order valence-corrected chi connectivity index (χ1v) is 18.1. The van der Waals surface area contributed by atoms with Crippen molar-refractivity contribution in [3.8, 4) is 5.75 Å². The Hall–Kier alpha value is -2.82. The first-order chi connectivity index (χ1) is 22.3. The molecule has 0 amide bonds. The van der Waals surface area contributed by atoms with E-state index in [1.165, 1.54) is 55.5 Å². The standard InChI is InChI=1S/C32H47N3O.C5H10.C3H8.C2H6/c1-5-8-14-30-18-17-28(7-3)25-32(30)33(4)21-22-34(19-6-2)23-24-35-20-12-13-29(26-35)27-36-31-15-10-9-11-16-31;1-4-5(2)3;1-3-2;1-2/h6-7,9-11,15-18,25,29H,2-3,5,8,12-14,19-24,26-27H2,1,4H3;4-5H,1H2,2-3H3;3H2,1-2H3;1-2H3. The maximum absolute atomic E-state index is 6.05. The second-order valence-corrected chi connectivity index (χ2v) is 12.3. The maximum atomic E-state index is 6.05. The molecule has 1 atom stereocenters. The number of ether oxygens (including phenoxy) is 1. The molecule has 2 aromatic rings. The van der Waals surface area contributed by atoms with Gasteiger partial charge in [0.25, 0.3) is 0 Å². The van der Waals surface area contributed by atoms with E-state index in [-0.39, 0.29) is 0 Å². The third kappa shape index (κ3) is 19.6. The number of unbranched alkanes of at least 4 members (excludes halogenated alkanes) is 1. The van der Waals surface area contributed by atoms with Crippen molar-refractivity contribution in [3.05, 3.63) is 91.5 Å². The van der Waals surface area contributed by atoms with Crippen LogP contribution in [0.3, 0.4) is 0 Å². The summed E-state index contributed by atoms with van der Waals surface area (Å²) in [6.07, 6.45) is 13.2. The first kappa shape index (κ1) is 43.2. The minimum Gasteiger partial charge on any atom is -0.493 e. The molecule has 46 heavy (non-hydrogen) atoms.